The molecule has 0 spiro atoms. The van der Waals surface area contributed by atoms with Crippen LogP contribution in [-0.2, 0) is 9.59 Å². The molecule has 2 unspecified atom stereocenters. The SMILES string of the molecule is COc1ccccc1C1C(C(=O)NCCN)CCC(=O)N1c1ccc(C)cc1. The molecule has 2 atom stereocenters. The number of nitrogens with two attached hydrogens (primary N) is 1. The van der Waals surface area contributed by atoms with E-state index in [1.54, 1.807) is 12.0 Å². The van der Waals surface area contributed by atoms with Crippen molar-refractivity contribution in [3.8, 4) is 5.75 Å². The molecule has 1 fully saturated rings. The van der Waals surface area contributed by atoms with E-state index >= 15 is 0 Å². The largest absolute Gasteiger partial charge is 0.496 e. The summed E-state index contributed by atoms with van der Waals surface area (Å²) in [6.07, 6.45) is 0.806. The molecule has 0 aliphatic carbocycles. The Labute approximate surface area is 165 Å². The Morgan fingerprint density at radius 3 is 2.61 bits per heavy atom. The van der Waals surface area contributed by atoms with Crippen LogP contribution in [0.4, 0.5) is 5.69 Å². The topological polar surface area (TPSA) is 84.7 Å². The number of ether oxygens (including phenoxy) is 1. The van der Waals surface area contributed by atoms with Crippen molar-refractivity contribution in [2.75, 3.05) is 25.1 Å². The fourth-order valence-corrected chi connectivity index (χ4v) is 3.77. The van der Waals surface area contributed by atoms with Gasteiger partial charge in [-0.2, -0.15) is 0 Å². The molecule has 6 heteroatoms. The van der Waals surface area contributed by atoms with E-state index in [0.717, 1.165) is 16.8 Å². The third kappa shape index (κ3) is 4.02. The monoisotopic (exact) mass is 381 g/mol. The Morgan fingerprint density at radius 1 is 1.21 bits per heavy atom. The lowest BCUT2D eigenvalue weighted by Gasteiger charge is -2.41. The number of carbonyl (C=O) groups excluding carboxylic acids is 2. The number of amides is 2. The van der Waals surface area contributed by atoms with Gasteiger partial charge in [0, 0.05) is 30.8 Å². The fraction of sp³-hybridized carbons (Fsp3) is 0.364. The van der Waals surface area contributed by atoms with Gasteiger partial charge in [0.15, 0.2) is 0 Å². The molecule has 1 heterocycles. The molecule has 0 bridgehead atoms. The summed E-state index contributed by atoms with van der Waals surface area (Å²) in [7, 11) is 1.60. The third-order valence-electron chi connectivity index (χ3n) is 5.15. The summed E-state index contributed by atoms with van der Waals surface area (Å²) >= 11 is 0. The standard InChI is InChI=1S/C22H27N3O3/c1-15-7-9-16(10-8-15)25-20(26)12-11-18(22(27)24-14-13-23)21(25)17-5-3-4-6-19(17)28-2/h3-10,18,21H,11-14,23H2,1-2H3,(H,24,27). The first-order valence-electron chi connectivity index (χ1n) is 9.56. The molecule has 0 saturated carbocycles. The van der Waals surface area contributed by atoms with Gasteiger partial charge in [0.25, 0.3) is 0 Å². The van der Waals surface area contributed by atoms with E-state index in [1.165, 1.54) is 0 Å². The lowest BCUT2D eigenvalue weighted by Crippen LogP contribution is -2.49. The van der Waals surface area contributed by atoms with E-state index in [9.17, 15) is 9.59 Å². The van der Waals surface area contributed by atoms with Crippen LogP contribution in [0, 0.1) is 12.8 Å². The highest BCUT2D eigenvalue weighted by Gasteiger charge is 2.42. The van der Waals surface area contributed by atoms with E-state index in [2.05, 4.69) is 5.32 Å². The number of hydrogen-bond donors (Lipinski definition) is 2. The number of hydrogen-bond acceptors (Lipinski definition) is 4. The van der Waals surface area contributed by atoms with Gasteiger partial charge in [-0.3, -0.25) is 9.59 Å². The van der Waals surface area contributed by atoms with Crippen LogP contribution < -0.4 is 20.7 Å². The molecular weight excluding hydrogens is 354 g/mol. The third-order valence-corrected chi connectivity index (χ3v) is 5.15. The van der Waals surface area contributed by atoms with Gasteiger partial charge >= 0.3 is 0 Å². The first-order chi connectivity index (χ1) is 13.6. The van der Waals surface area contributed by atoms with Crippen LogP contribution >= 0.6 is 0 Å². The Bertz CT molecular complexity index is 835. The Kier molecular flexibility index (Phi) is 6.31. The molecular formula is C22H27N3O3. The van der Waals surface area contributed by atoms with Crippen molar-refractivity contribution < 1.29 is 14.3 Å². The Hall–Kier alpha value is -2.86. The number of methoxy groups -OCH3 is 1. The van der Waals surface area contributed by atoms with E-state index in [4.69, 9.17) is 10.5 Å². The average Bonchev–Trinajstić information content (AvgIpc) is 2.72. The van der Waals surface area contributed by atoms with Crippen molar-refractivity contribution in [2.45, 2.75) is 25.8 Å². The molecule has 6 nitrogen and oxygen atoms in total. The number of piperidine rings is 1. The second kappa shape index (κ2) is 8.89. The summed E-state index contributed by atoms with van der Waals surface area (Å²) in [6, 6.07) is 14.9. The molecule has 3 N–H and O–H groups in total. The minimum Gasteiger partial charge on any atom is -0.496 e. The maximum atomic E-state index is 13.0. The summed E-state index contributed by atoms with van der Waals surface area (Å²) in [4.78, 5) is 27.7. The number of rotatable bonds is 6. The number of nitrogens with one attached hydrogen (secondary N) is 1. The number of nitrogens with zero attached hydrogens (tertiary/aromatic N) is 1. The van der Waals surface area contributed by atoms with Crippen molar-refractivity contribution in [2.24, 2.45) is 11.7 Å². The van der Waals surface area contributed by atoms with Crippen molar-refractivity contribution in [1.82, 2.24) is 5.32 Å². The van der Waals surface area contributed by atoms with Crippen LogP contribution in [0.15, 0.2) is 48.5 Å². The van der Waals surface area contributed by atoms with Gasteiger partial charge in [0.2, 0.25) is 11.8 Å². The molecule has 148 valence electrons. The second-order valence-electron chi connectivity index (χ2n) is 7.01. The van der Waals surface area contributed by atoms with Gasteiger partial charge in [0.1, 0.15) is 5.75 Å². The van der Waals surface area contributed by atoms with Gasteiger partial charge < -0.3 is 20.7 Å². The zero-order valence-corrected chi connectivity index (χ0v) is 16.4. The second-order valence-corrected chi connectivity index (χ2v) is 7.01. The molecule has 2 aromatic rings. The molecule has 0 radical (unpaired) electrons. The van der Waals surface area contributed by atoms with Crippen molar-refractivity contribution in [1.29, 1.82) is 0 Å². The van der Waals surface area contributed by atoms with Gasteiger partial charge in [-0.05, 0) is 31.5 Å². The van der Waals surface area contributed by atoms with Crippen LogP contribution in [-0.4, -0.2) is 32.0 Å². The molecule has 3 rings (SSSR count). The minimum atomic E-state index is -0.446. The zero-order valence-electron chi connectivity index (χ0n) is 16.4. The smallest absolute Gasteiger partial charge is 0.227 e. The molecule has 1 saturated heterocycles. The summed E-state index contributed by atoms with van der Waals surface area (Å²) in [5, 5.41) is 2.89. The van der Waals surface area contributed by atoms with Crippen LogP contribution in [0.3, 0.4) is 0 Å². The van der Waals surface area contributed by atoms with E-state index in [1.807, 2.05) is 55.5 Å². The van der Waals surface area contributed by atoms with Gasteiger partial charge in [-0.25, -0.2) is 0 Å². The highest BCUT2D eigenvalue weighted by atomic mass is 16.5. The summed E-state index contributed by atoms with van der Waals surface area (Å²) in [5.74, 6) is 0.186. The van der Waals surface area contributed by atoms with Crippen LogP contribution in [0.5, 0.6) is 5.75 Å². The minimum absolute atomic E-state index is 0.00244. The highest BCUT2D eigenvalue weighted by molar-refractivity contribution is 5.97. The summed E-state index contributed by atoms with van der Waals surface area (Å²) in [6.45, 7) is 2.79. The van der Waals surface area contributed by atoms with Gasteiger partial charge in [0.05, 0.1) is 19.1 Å². The predicted molar refractivity (Wildman–Crippen MR) is 109 cm³/mol. The fourth-order valence-electron chi connectivity index (χ4n) is 3.77. The first-order valence-corrected chi connectivity index (χ1v) is 9.56. The van der Waals surface area contributed by atoms with Crippen LogP contribution in [0.1, 0.15) is 30.0 Å². The molecule has 0 aromatic heterocycles. The van der Waals surface area contributed by atoms with E-state index in [0.29, 0.717) is 31.7 Å². The number of para-hydroxylation sites is 1. The normalized spacial score (nSPS) is 19.4. The first kappa shape index (κ1) is 19.9. The molecule has 28 heavy (non-hydrogen) atoms. The average molecular weight is 381 g/mol. The Morgan fingerprint density at radius 2 is 1.93 bits per heavy atom. The zero-order chi connectivity index (χ0) is 20.1. The quantitative estimate of drug-likeness (QED) is 0.805. The maximum absolute atomic E-state index is 13.0. The predicted octanol–water partition coefficient (Wildman–Crippen LogP) is 2.56. The van der Waals surface area contributed by atoms with Crippen LogP contribution in [0.2, 0.25) is 0 Å². The molecule has 2 amide bonds. The summed E-state index contributed by atoms with van der Waals surface area (Å²) < 4.78 is 5.56. The Balaban J connectivity index is 2.09. The van der Waals surface area contributed by atoms with Crippen molar-refractivity contribution in [3.63, 3.8) is 0 Å². The number of benzene rings is 2. The number of anilines is 1. The molecule has 1 aliphatic rings. The van der Waals surface area contributed by atoms with Gasteiger partial charge in [-0.15, -0.1) is 0 Å². The van der Waals surface area contributed by atoms with Gasteiger partial charge in [-0.1, -0.05) is 35.9 Å². The number of aryl methyl sites for hydroxylation is 1. The lowest BCUT2D eigenvalue weighted by atomic mass is 9.82. The van der Waals surface area contributed by atoms with Crippen molar-refractivity contribution >= 4 is 17.5 Å². The summed E-state index contributed by atoms with van der Waals surface area (Å²) in [5.41, 5.74) is 8.27. The van der Waals surface area contributed by atoms with Crippen LogP contribution in [0.25, 0.3) is 0 Å². The molecule has 1 aliphatic heterocycles. The molecule has 2 aromatic carbocycles. The lowest BCUT2D eigenvalue weighted by molar-refractivity contribution is -0.129. The maximum Gasteiger partial charge on any atom is 0.227 e. The number of carbonyl (C=O) groups is 2. The van der Waals surface area contributed by atoms with E-state index < -0.39 is 6.04 Å². The van der Waals surface area contributed by atoms with Crippen molar-refractivity contribution in [3.05, 3.63) is 59.7 Å². The highest BCUT2D eigenvalue weighted by Crippen LogP contribution is 2.43. The van der Waals surface area contributed by atoms with E-state index in [-0.39, 0.29) is 17.7 Å².